The van der Waals surface area contributed by atoms with E-state index >= 15 is 0 Å². The Bertz CT molecular complexity index is 522. The largest absolute Gasteiger partial charge is 0.0885 e. The third kappa shape index (κ3) is 47.6. The highest BCUT2D eigenvalue weighted by Crippen LogP contribution is 2.28. The Labute approximate surface area is 252 Å². The molecular weight excluding hydrogens is 468 g/mol. The topological polar surface area (TPSA) is 0 Å². The third-order valence-corrected chi connectivity index (χ3v) is 7.06. The standard InChI is InChI=1S/C15H32.C13H24.C10H22.CH4/c1-13(2)9-7-10-14(3)11-8-12-15(4,5)6;1-5-6-7-8-9-10-11-12-13(2,3)4;1-6-9(7-2)8-10(3,4)5;/h13-14H,7-12H2,1-6H3;6-7,9-10H,5,8,11-12H2,1-4H3;9H,6-8H2,1-5H3;1H4/b;7-6-,10-9-;;. The van der Waals surface area contributed by atoms with E-state index in [1.807, 2.05) is 0 Å². The first-order valence-electron chi connectivity index (χ1n) is 16.7. The van der Waals surface area contributed by atoms with Gasteiger partial charge >= 0.3 is 0 Å². The summed E-state index contributed by atoms with van der Waals surface area (Å²) in [4.78, 5) is 0. The van der Waals surface area contributed by atoms with Crippen LogP contribution in [0, 0.1) is 34.0 Å². The van der Waals surface area contributed by atoms with Crippen LogP contribution in [0.2, 0.25) is 0 Å². The summed E-state index contributed by atoms with van der Waals surface area (Å²) in [7, 11) is 0. The fourth-order valence-electron chi connectivity index (χ4n) is 4.52. The molecule has 0 saturated heterocycles. The van der Waals surface area contributed by atoms with Gasteiger partial charge in [0.05, 0.1) is 0 Å². The quantitative estimate of drug-likeness (QED) is 0.178. The highest BCUT2D eigenvalue weighted by Gasteiger charge is 2.15. The lowest BCUT2D eigenvalue weighted by atomic mass is 9.82. The Morgan fingerprint density at radius 2 is 1.05 bits per heavy atom. The van der Waals surface area contributed by atoms with Crippen LogP contribution < -0.4 is 0 Å². The normalized spacial score (nSPS) is 13.3. The molecule has 0 rings (SSSR count). The van der Waals surface area contributed by atoms with Gasteiger partial charge in [0.1, 0.15) is 0 Å². The summed E-state index contributed by atoms with van der Waals surface area (Å²) in [5.41, 5.74) is 1.53. The lowest BCUT2D eigenvalue weighted by molar-refractivity contribution is 0.282. The fraction of sp³-hybridized carbons (Fsp3) is 0.897. The SMILES string of the molecule is C.CC(C)CCCC(C)CCCC(C)(C)C.CC/C=C\C/C=C\CCC(C)(C)C.CCC(CC)CC(C)(C)C. The number of hydrogen-bond acceptors (Lipinski definition) is 0. The molecule has 0 radical (unpaired) electrons. The Morgan fingerprint density at radius 1 is 0.564 bits per heavy atom. The van der Waals surface area contributed by atoms with Crippen molar-refractivity contribution in [3.63, 3.8) is 0 Å². The van der Waals surface area contributed by atoms with Crippen molar-refractivity contribution < 1.29 is 0 Å². The molecule has 0 bridgehead atoms. The first-order chi connectivity index (χ1) is 17.4. The second-order valence-electron chi connectivity index (χ2n) is 16.0. The Balaban J connectivity index is -0.000000237. The summed E-state index contributed by atoms with van der Waals surface area (Å²) < 4.78 is 0. The first-order valence-corrected chi connectivity index (χ1v) is 16.7. The van der Waals surface area contributed by atoms with E-state index in [2.05, 4.69) is 128 Å². The van der Waals surface area contributed by atoms with Crippen LogP contribution in [0.5, 0.6) is 0 Å². The van der Waals surface area contributed by atoms with Crippen LogP contribution in [0.3, 0.4) is 0 Å². The molecule has 0 aliphatic heterocycles. The Hall–Kier alpha value is -0.520. The van der Waals surface area contributed by atoms with Crippen molar-refractivity contribution in [3.8, 4) is 0 Å². The summed E-state index contributed by atoms with van der Waals surface area (Å²) in [6, 6.07) is 0. The van der Waals surface area contributed by atoms with E-state index in [4.69, 9.17) is 0 Å². The van der Waals surface area contributed by atoms with E-state index in [0.29, 0.717) is 16.2 Å². The average molecular weight is 551 g/mol. The van der Waals surface area contributed by atoms with Crippen LogP contribution in [0.1, 0.15) is 195 Å². The van der Waals surface area contributed by atoms with E-state index in [1.165, 1.54) is 70.6 Å². The summed E-state index contributed by atoms with van der Waals surface area (Å²) >= 11 is 0. The smallest absolute Gasteiger partial charge is 0.0169 e. The van der Waals surface area contributed by atoms with Crippen LogP contribution in [0.15, 0.2) is 24.3 Å². The Morgan fingerprint density at radius 3 is 1.44 bits per heavy atom. The molecule has 0 aromatic heterocycles. The van der Waals surface area contributed by atoms with Gasteiger partial charge in [-0.1, -0.05) is 181 Å². The van der Waals surface area contributed by atoms with Crippen molar-refractivity contribution in [2.45, 2.75) is 195 Å². The molecule has 0 spiro atoms. The minimum Gasteiger partial charge on any atom is -0.0885 e. The zero-order valence-corrected chi connectivity index (χ0v) is 29.7. The molecule has 0 N–H and O–H groups in total. The van der Waals surface area contributed by atoms with Gasteiger partial charge in [0.25, 0.3) is 0 Å². The summed E-state index contributed by atoms with van der Waals surface area (Å²) in [6.45, 7) is 34.7. The van der Waals surface area contributed by atoms with Crippen molar-refractivity contribution in [3.05, 3.63) is 24.3 Å². The molecule has 0 nitrogen and oxygen atoms in total. The van der Waals surface area contributed by atoms with Crippen LogP contribution in [0.25, 0.3) is 0 Å². The molecule has 0 heteroatoms. The Kier molecular flexibility index (Phi) is 30.8. The molecule has 0 aromatic rings. The molecule has 1 atom stereocenters. The average Bonchev–Trinajstić information content (AvgIpc) is 2.75. The van der Waals surface area contributed by atoms with Gasteiger partial charge in [-0.15, -0.1) is 0 Å². The molecule has 0 aromatic carbocycles. The lowest BCUT2D eigenvalue weighted by Gasteiger charge is -2.23. The van der Waals surface area contributed by atoms with Crippen LogP contribution in [-0.4, -0.2) is 0 Å². The van der Waals surface area contributed by atoms with Crippen LogP contribution >= 0.6 is 0 Å². The molecule has 0 aliphatic rings. The molecule has 0 amide bonds. The minimum atomic E-state index is 0. The summed E-state index contributed by atoms with van der Waals surface area (Å²) in [6.07, 6.45) is 26.3. The van der Waals surface area contributed by atoms with Crippen LogP contribution in [0.4, 0.5) is 0 Å². The zero-order chi connectivity index (χ0) is 30.3. The van der Waals surface area contributed by atoms with Gasteiger partial charge in [-0.25, -0.2) is 0 Å². The second-order valence-corrected chi connectivity index (χ2v) is 16.0. The molecule has 0 heterocycles. The van der Waals surface area contributed by atoms with Crippen LogP contribution in [-0.2, 0) is 0 Å². The molecular formula is C39H82. The molecule has 0 aliphatic carbocycles. The molecule has 1 unspecified atom stereocenters. The van der Waals surface area contributed by atoms with E-state index in [-0.39, 0.29) is 7.43 Å². The maximum absolute atomic E-state index is 2.42. The van der Waals surface area contributed by atoms with E-state index in [0.717, 1.165) is 30.6 Å². The second kappa shape index (κ2) is 26.4. The molecule has 238 valence electrons. The monoisotopic (exact) mass is 551 g/mol. The van der Waals surface area contributed by atoms with E-state index in [1.54, 1.807) is 0 Å². The zero-order valence-electron chi connectivity index (χ0n) is 29.7. The van der Waals surface area contributed by atoms with Gasteiger partial charge in [0.15, 0.2) is 0 Å². The van der Waals surface area contributed by atoms with Gasteiger partial charge in [-0.3, -0.25) is 0 Å². The van der Waals surface area contributed by atoms with Gasteiger partial charge in [-0.2, -0.15) is 0 Å². The molecule has 0 fully saturated rings. The van der Waals surface area contributed by atoms with E-state index in [9.17, 15) is 0 Å². The predicted molar refractivity (Wildman–Crippen MR) is 188 cm³/mol. The maximum atomic E-state index is 2.42. The van der Waals surface area contributed by atoms with Gasteiger partial charge in [-0.05, 0) is 72.5 Å². The van der Waals surface area contributed by atoms with Gasteiger partial charge < -0.3 is 0 Å². The molecule has 39 heavy (non-hydrogen) atoms. The first kappa shape index (κ1) is 45.5. The van der Waals surface area contributed by atoms with Crippen molar-refractivity contribution in [1.29, 1.82) is 0 Å². The lowest BCUT2D eigenvalue weighted by Crippen LogP contribution is -2.11. The van der Waals surface area contributed by atoms with E-state index < -0.39 is 0 Å². The highest BCUT2D eigenvalue weighted by atomic mass is 14.2. The maximum Gasteiger partial charge on any atom is -0.0169 e. The minimum absolute atomic E-state index is 0. The number of rotatable bonds is 15. The summed E-state index contributed by atoms with van der Waals surface area (Å²) in [5.74, 6) is 2.76. The number of hydrogen-bond donors (Lipinski definition) is 0. The van der Waals surface area contributed by atoms with Crippen molar-refractivity contribution in [1.82, 2.24) is 0 Å². The molecule has 0 saturated carbocycles. The van der Waals surface area contributed by atoms with Crippen molar-refractivity contribution in [2.75, 3.05) is 0 Å². The van der Waals surface area contributed by atoms with Crippen molar-refractivity contribution in [2.24, 2.45) is 34.0 Å². The summed E-state index contributed by atoms with van der Waals surface area (Å²) in [5, 5.41) is 0. The third-order valence-electron chi connectivity index (χ3n) is 7.06. The van der Waals surface area contributed by atoms with Crippen molar-refractivity contribution >= 4 is 0 Å². The number of allylic oxidation sites excluding steroid dienone is 4. The van der Waals surface area contributed by atoms with Gasteiger partial charge in [0, 0.05) is 0 Å². The fourth-order valence-corrected chi connectivity index (χ4v) is 4.52. The highest BCUT2D eigenvalue weighted by molar-refractivity contribution is 4.92. The van der Waals surface area contributed by atoms with Gasteiger partial charge in [0.2, 0.25) is 0 Å². The predicted octanol–water partition coefficient (Wildman–Crippen LogP) is 14.9.